The van der Waals surface area contributed by atoms with E-state index in [1.807, 2.05) is 13.8 Å². The van der Waals surface area contributed by atoms with Gasteiger partial charge in [0.05, 0.1) is 11.2 Å². The quantitative estimate of drug-likeness (QED) is 0.841. The first-order chi connectivity index (χ1) is 10.0. The lowest BCUT2D eigenvalue weighted by molar-refractivity contribution is 0.0307. The molecule has 22 heavy (non-hydrogen) atoms. The first kappa shape index (κ1) is 18.5. The number of amides is 1. The molecule has 0 aliphatic heterocycles. The van der Waals surface area contributed by atoms with Crippen LogP contribution >= 0.6 is 0 Å². The molecule has 1 rings (SSSR count). The van der Waals surface area contributed by atoms with Gasteiger partial charge in [0.1, 0.15) is 0 Å². The van der Waals surface area contributed by atoms with Crippen molar-refractivity contribution in [3.8, 4) is 0 Å². The van der Waals surface area contributed by atoms with Crippen LogP contribution in [0.2, 0.25) is 0 Å². The van der Waals surface area contributed by atoms with Gasteiger partial charge < -0.3 is 10.0 Å². The Morgan fingerprint density at radius 2 is 2.05 bits per heavy atom. The van der Waals surface area contributed by atoms with Crippen LogP contribution in [-0.2, 0) is 6.54 Å². The average Bonchev–Trinajstić information content (AvgIpc) is 2.77. The van der Waals surface area contributed by atoms with Crippen LogP contribution < -0.4 is 0 Å². The minimum Gasteiger partial charge on any atom is -0.389 e. The van der Waals surface area contributed by atoms with E-state index in [9.17, 15) is 18.7 Å². The zero-order chi connectivity index (χ0) is 17.1. The summed E-state index contributed by atoms with van der Waals surface area (Å²) in [6.07, 6.45) is -1.53. The number of likely N-dealkylation sites (N-methyl/N-ethyl adjacent to an activating group) is 1. The Kier molecular flexibility index (Phi) is 6.05. The first-order valence-electron chi connectivity index (χ1n) is 7.42. The van der Waals surface area contributed by atoms with E-state index in [4.69, 9.17) is 0 Å². The zero-order valence-corrected chi connectivity index (χ0v) is 13.8. The van der Waals surface area contributed by atoms with Crippen molar-refractivity contribution < 1.29 is 18.7 Å². The highest BCUT2D eigenvalue weighted by Gasteiger charge is 2.29. The van der Waals surface area contributed by atoms with Gasteiger partial charge in [0, 0.05) is 25.8 Å². The number of hydrogen-bond donors (Lipinski definition) is 1. The maximum atomic E-state index is 13.2. The minimum atomic E-state index is -2.76. The summed E-state index contributed by atoms with van der Waals surface area (Å²) in [6.45, 7) is 9.57. The fraction of sp³-hybridized carbons (Fsp3) is 0.733. The average molecular weight is 317 g/mol. The van der Waals surface area contributed by atoms with Crippen LogP contribution in [0.15, 0.2) is 6.20 Å². The van der Waals surface area contributed by atoms with Gasteiger partial charge in [-0.25, -0.2) is 8.78 Å². The molecule has 5 nitrogen and oxygen atoms in total. The summed E-state index contributed by atoms with van der Waals surface area (Å²) in [7, 11) is 0. The van der Waals surface area contributed by atoms with Crippen molar-refractivity contribution in [2.45, 2.75) is 53.2 Å². The Hall–Kier alpha value is -1.50. The van der Waals surface area contributed by atoms with Crippen LogP contribution in [0.4, 0.5) is 8.78 Å². The Balaban J connectivity index is 3.11. The third-order valence-electron chi connectivity index (χ3n) is 3.03. The lowest BCUT2D eigenvalue weighted by Crippen LogP contribution is -2.42. The van der Waals surface area contributed by atoms with Gasteiger partial charge in [0.15, 0.2) is 5.69 Å². The summed E-state index contributed by atoms with van der Waals surface area (Å²) in [4.78, 5) is 13.8. The van der Waals surface area contributed by atoms with Crippen molar-refractivity contribution in [2.75, 3.05) is 13.1 Å². The number of aliphatic hydroxyl groups is 1. The van der Waals surface area contributed by atoms with Crippen molar-refractivity contribution >= 4 is 5.91 Å². The molecular weight excluding hydrogens is 292 g/mol. The molecule has 0 spiro atoms. The highest BCUT2D eigenvalue weighted by Crippen LogP contribution is 2.24. The molecule has 7 heteroatoms. The molecular formula is C15H25F2N3O2. The number of aromatic nitrogens is 2. The molecule has 0 aliphatic rings. The predicted octanol–water partition coefficient (Wildman–Crippen LogP) is 2.71. The third kappa shape index (κ3) is 5.05. The largest absolute Gasteiger partial charge is 0.389 e. The molecule has 1 amide bonds. The number of alkyl halides is 2. The fourth-order valence-corrected chi connectivity index (χ4v) is 2.17. The van der Waals surface area contributed by atoms with E-state index in [1.165, 1.54) is 15.8 Å². The number of carbonyl (C=O) groups is 1. The van der Waals surface area contributed by atoms with Crippen LogP contribution in [0.25, 0.3) is 0 Å². The molecule has 0 radical (unpaired) electrons. The molecule has 1 heterocycles. The fourth-order valence-electron chi connectivity index (χ4n) is 2.17. The van der Waals surface area contributed by atoms with Gasteiger partial charge in [-0.3, -0.25) is 9.48 Å². The summed E-state index contributed by atoms with van der Waals surface area (Å²) in [6, 6.07) is 0. The summed E-state index contributed by atoms with van der Waals surface area (Å²) < 4.78 is 27.7. The van der Waals surface area contributed by atoms with Crippen LogP contribution in [-0.4, -0.2) is 44.4 Å². The molecule has 1 N–H and O–H groups in total. The van der Waals surface area contributed by atoms with E-state index in [2.05, 4.69) is 5.10 Å². The number of halogens is 2. The molecule has 0 aromatic carbocycles. The third-order valence-corrected chi connectivity index (χ3v) is 3.03. The van der Waals surface area contributed by atoms with Gasteiger partial charge in [-0.2, -0.15) is 5.10 Å². The second-order valence-corrected chi connectivity index (χ2v) is 6.48. The summed E-state index contributed by atoms with van der Waals surface area (Å²) in [5.74, 6) is -0.352. The predicted molar refractivity (Wildman–Crippen MR) is 79.9 cm³/mol. The van der Waals surface area contributed by atoms with E-state index in [1.54, 1.807) is 20.8 Å². The second-order valence-electron chi connectivity index (χ2n) is 6.48. The van der Waals surface area contributed by atoms with Gasteiger partial charge in [-0.05, 0) is 26.7 Å². The van der Waals surface area contributed by atoms with E-state index in [-0.39, 0.29) is 23.7 Å². The summed E-state index contributed by atoms with van der Waals surface area (Å²) >= 11 is 0. The summed E-state index contributed by atoms with van der Waals surface area (Å²) in [5, 5.41) is 13.9. The van der Waals surface area contributed by atoms with Crippen molar-refractivity contribution in [3.05, 3.63) is 17.5 Å². The maximum Gasteiger partial charge on any atom is 0.274 e. The molecule has 0 unspecified atom stereocenters. The number of nitrogens with zero attached hydrogens (tertiary/aromatic N) is 3. The second kappa shape index (κ2) is 7.17. The van der Waals surface area contributed by atoms with Crippen molar-refractivity contribution in [3.63, 3.8) is 0 Å². The zero-order valence-electron chi connectivity index (χ0n) is 13.8. The molecule has 126 valence electrons. The Morgan fingerprint density at radius 3 is 2.45 bits per heavy atom. The van der Waals surface area contributed by atoms with E-state index in [0.717, 1.165) is 0 Å². The van der Waals surface area contributed by atoms with E-state index < -0.39 is 17.9 Å². The first-order valence-corrected chi connectivity index (χ1v) is 7.42. The standard InChI is InChI=1S/C15H25F2N3O2/c1-6-19(9-15(4,5)22)14(21)12-11(13(16)17)8-20(18-12)7-10(2)3/h8,10,13,22H,6-7,9H2,1-5H3. The highest BCUT2D eigenvalue weighted by atomic mass is 19.3. The molecule has 0 atom stereocenters. The normalized spacial score (nSPS) is 12.3. The summed E-state index contributed by atoms with van der Waals surface area (Å²) in [5.41, 5.74) is -1.70. The molecule has 0 bridgehead atoms. The molecule has 0 aliphatic carbocycles. The van der Waals surface area contributed by atoms with Crippen LogP contribution in [0, 0.1) is 5.92 Å². The van der Waals surface area contributed by atoms with Crippen LogP contribution in [0.1, 0.15) is 57.1 Å². The Morgan fingerprint density at radius 1 is 1.45 bits per heavy atom. The van der Waals surface area contributed by atoms with Gasteiger partial charge in [0.2, 0.25) is 0 Å². The maximum absolute atomic E-state index is 13.2. The van der Waals surface area contributed by atoms with Gasteiger partial charge in [-0.1, -0.05) is 13.8 Å². The molecule has 0 fully saturated rings. The number of hydrogen-bond acceptors (Lipinski definition) is 3. The van der Waals surface area contributed by atoms with E-state index >= 15 is 0 Å². The van der Waals surface area contributed by atoms with Crippen LogP contribution in [0.5, 0.6) is 0 Å². The van der Waals surface area contributed by atoms with Crippen molar-refractivity contribution in [2.24, 2.45) is 5.92 Å². The van der Waals surface area contributed by atoms with Gasteiger partial charge in [-0.15, -0.1) is 0 Å². The lowest BCUT2D eigenvalue weighted by atomic mass is 10.1. The monoisotopic (exact) mass is 317 g/mol. The van der Waals surface area contributed by atoms with Crippen LogP contribution in [0.3, 0.4) is 0 Å². The lowest BCUT2D eigenvalue weighted by Gasteiger charge is -2.27. The Bertz CT molecular complexity index is 507. The van der Waals surface area contributed by atoms with Crippen molar-refractivity contribution in [1.29, 1.82) is 0 Å². The molecule has 1 aromatic heterocycles. The highest BCUT2D eigenvalue weighted by molar-refractivity contribution is 5.93. The minimum absolute atomic E-state index is 0.0576. The Labute approximate surface area is 129 Å². The smallest absolute Gasteiger partial charge is 0.274 e. The molecule has 1 aromatic rings. The van der Waals surface area contributed by atoms with Gasteiger partial charge >= 0.3 is 0 Å². The molecule has 0 saturated carbocycles. The number of rotatable bonds is 7. The van der Waals surface area contributed by atoms with Gasteiger partial charge in [0.25, 0.3) is 12.3 Å². The SMILES string of the molecule is CCN(CC(C)(C)O)C(=O)c1nn(CC(C)C)cc1C(F)F. The molecule has 0 saturated heterocycles. The number of carbonyl (C=O) groups excluding carboxylic acids is 1. The topological polar surface area (TPSA) is 58.4 Å². The van der Waals surface area contributed by atoms with Crippen molar-refractivity contribution in [1.82, 2.24) is 14.7 Å². The van der Waals surface area contributed by atoms with E-state index in [0.29, 0.717) is 13.1 Å².